The van der Waals surface area contributed by atoms with Gasteiger partial charge in [0.2, 0.25) is 5.91 Å². The molecule has 118 valence electrons. The fourth-order valence-corrected chi connectivity index (χ4v) is 3.75. The molecular weight excluding hydrogens is 325 g/mol. The number of benzene rings is 1. The maximum Gasteiger partial charge on any atom is 0.306 e. The van der Waals surface area contributed by atoms with Gasteiger partial charge < -0.3 is 10.0 Å². The van der Waals surface area contributed by atoms with Crippen LogP contribution in [0.25, 0.3) is 0 Å². The van der Waals surface area contributed by atoms with E-state index in [0.717, 1.165) is 12.0 Å². The quantitative estimate of drug-likeness (QED) is 0.916. The zero-order valence-electron chi connectivity index (χ0n) is 12.0. The second-order valence-corrected chi connectivity index (χ2v) is 6.96. The van der Waals surface area contributed by atoms with Crippen molar-refractivity contribution in [2.75, 3.05) is 13.1 Å². The number of amides is 1. The Morgan fingerprint density at radius 3 is 2.23 bits per heavy atom. The van der Waals surface area contributed by atoms with Crippen LogP contribution in [0, 0.1) is 11.8 Å². The first-order valence-electron chi connectivity index (χ1n) is 7.43. The first-order valence-corrected chi connectivity index (χ1v) is 8.19. The van der Waals surface area contributed by atoms with Crippen LogP contribution in [0.3, 0.4) is 0 Å². The summed E-state index contributed by atoms with van der Waals surface area (Å²) < 4.78 is 0. The lowest BCUT2D eigenvalue weighted by molar-refractivity contribution is -0.146. The summed E-state index contributed by atoms with van der Waals surface area (Å²) in [6, 6.07) is 5.41. The molecule has 2 aliphatic rings. The molecule has 0 radical (unpaired) electrons. The van der Waals surface area contributed by atoms with Gasteiger partial charge >= 0.3 is 5.97 Å². The minimum absolute atomic E-state index is 0.0177. The van der Waals surface area contributed by atoms with E-state index in [-0.39, 0.29) is 23.7 Å². The number of carbonyl (C=O) groups is 2. The van der Waals surface area contributed by atoms with Gasteiger partial charge in [0.15, 0.2) is 0 Å². The number of hydrogen-bond donors (Lipinski definition) is 1. The monoisotopic (exact) mass is 341 g/mol. The van der Waals surface area contributed by atoms with E-state index in [2.05, 4.69) is 0 Å². The molecule has 1 saturated carbocycles. The number of piperidine rings is 1. The highest BCUT2D eigenvalue weighted by molar-refractivity contribution is 6.34. The minimum Gasteiger partial charge on any atom is -0.481 e. The Morgan fingerprint density at radius 1 is 1.09 bits per heavy atom. The summed E-state index contributed by atoms with van der Waals surface area (Å²) in [5, 5.41) is 10.2. The lowest BCUT2D eigenvalue weighted by Crippen LogP contribution is -2.41. The van der Waals surface area contributed by atoms with E-state index >= 15 is 0 Å². The molecule has 1 heterocycles. The molecule has 1 amide bonds. The van der Waals surface area contributed by atoms with Crippen molar-refractivity contribution >= 4 is 35.1 Å². The first-order chi connectivity index (χ1) is 10.5. The Kier molecular flexibility index (Phi) is 4.33. The van der Waals surface area contributed by atoms with Crippen molar-refractivity contribution in [2.45, 2.75) is 25.2 Å². The summed E-state index contributed by atoms with van der Waals surface area (Å²) in [5.74, 6) is -0.780. The van der Waals surface area contributed by atoms with Crippen LogP contribution in [-0.4, -0.2) is 35.0 Å². The topological polar surface area (TPSA) is 57.6 Å². The van der Waals surface area contributed by atoms with E-state index in [1.165, 1.54) is 0 Å². The summed E-state index contributed by atoms with van der Waals surface area (Å²) in [4.78, 5) is 25.3. The molecule has 0 spiro atoms. The Labute approximate surface area is 139 Å². The van der Waals surface area contributed by atoms with Crippen molar-refractivity contribution in [1.82, 2.24) is 4.90 Å². The number of likely N-dealkylation sites (tertiary alicyclic amines) is 1. The zero-order chi connectivity index (χ0) is 15.9. The minimum atomic E-state index is -0.759. The van der Waals surface area contributed by atoms with E-state index in [1.807, 2.05) is 12.1 Å². The van der Waals surface area contributed by atoms with Crippen LogP contribution in [0.1, 0.15) is 30.7 Å². The van der Waals surface area contributed by atoms with Crippen LogP contribution in [0.2, 0.25) is 10.0 Å². The number of nitrogens with zero attached hydrogens (tertiary/aromatic N) is 1. The lowest BCUT2D eigenvalue weighted by Gasteiger charge is -2.30. The van der Waals surface area contributed by atoms with E-state index in [0.29, 0.717) is 36.0 Å². The van der Waals surface area contributed by atoms with Gasteiger partial charge in [0, 0.05) is 29.1 Å². The molecule has 1 aliphatic heterocycles. The second kappa shape index (κ2) is 6.09. The molecule has 6 heteroatoms. The summed E-state index contributed by atoms with van der Waals surface area (Å²) in [6.45, 7) is 1.07. The van der Waals surface area contributed by atoms with Gasteiger partial charge in [-0.05, 0) is 48.9 Å². The second-order valence-electron chi connectivity index (χ2n) is 6.09. The van der Waals surface area contributed by atoms with Gasteiger partial charge in [-0.15, -0.1) is 0 Å². The lowest BCUT2D eigenvalue weighted by atomic mass is 9.96. The van der Waals surface area contributed by atoms with E-state index < -0.39 is 5.97 Å². The van der Waals surface area contributed by atoms with Crippen molar-refractivity contribution in [1.29, 1.82) is 0 Å². The standard InChI is InChI=1S/C16H17Cl2NO3/c17-11-5-10(6-12(18)7-11)13-8-14(13)15(20)19-3-1-9(2-4-19)16(21)22/h5-7,9,13-14H,1-4,8H2,(H,21,22)/t13-,14-/m1/s1. The molecule has 1 aromatic carbocycles. The van der Waals surface area contributed by atoms with Gasteiger partial charge in [-0.3, -0.25) is 9.59 Å². The maximum absolute atomic E-state index is 12.5. The van der Waals surface area contributed by atoms with Gasteiger partial charge in [-0.25, -0.2) is 0 Å². The number of hydrogen-bond acceptors (Lipinski definition) is 2. The molecule has 4 nitrogen and oxygen atoms in total. The van der Waals surface area contributed by atoms with E-state index in [9.17, 15) is 9.59 Å². The van der Waals surface area contributed by atoms with Crippen molar-refractivity contribution in [3.8, 4) is 0 Å². The van der Waals surface area contributed by atoms with Crippen LogP contribution in [-0.2, 0) is 9.59 Å². The number of carboxylic acids is 1. The van der Waals surface area contributed by atoms with Crippen LogP contribution >= 0.6 is 23.2 Å². The molecule has 1 saturated heterocycles. The molecule has 1 N–H and O–H groups in total. The first kappa shape index (κ1) is 15.6. The molecule has 0 aromatic heterocycles. The highest BCUT2D eigenvalue weighted by Gasteiger charge is 2.46. The molecule has 1 aromatic rings. The SMILES string of the molecule is O=C(O)C1CCN(C(=O)[C@@H]2C[C@@H]2c2cc(Cl)cc(Cl)c2)CC1. The summed E-state index contributed by atoms with van der Waals surface area (Å²) >= 11 is 12.0. The third-order valence-electron chi connectivity index (χ3n) is 4.58. The van der Waals surface area contributed by atoms with Gasteiger partial charge in [0.05, 0.1) is 5.92 Å². The van der Waals surface area contributed by atoms with Gasteiger partial charge in [-0.1, -0.05) is 23.2 Å². The molecule has 0 unspecified atom stereocenters. The predicted molar refractivity (Wildman–Crippen MR) is 84.2 cm³/mol. The Balaban J connectivity index is 1.60. The molecule has 22 heavy (non-hydrogen) atoms. The average Bonchev–Trinajstić information content (AvgIpc) is 3.26. The Hall–Kier alpha value is -1.26. The largest absolute Gasteiger partial charge is 0.481 e. The smallest absolute Gasteiger partial charge is 0.306 e. The zero-order valence-corrected chi connectivity index (χ0v) is 13.5. The van der Waals surface area contributed by atoms with E-state index in [1.54, 1.807) is 11.0 Å². The highest BCUT2D eigenvalue weighted by Crippen LogP contribution is 2.49. The number of carbonyl (C=O) groups excluding carboxylic acids is 1. The summed E-state index contributed by atoms with van der Waals surface area (Å²) in [7, 11) is 0. The number of aliphatic carboxylic acids is 1. The normalized spacial score (nSPS) is 25.1. The van der Waals surface area contributed by atoms with E-state index in [4.69, 9.17) is 28.3 Å². The molecule has 1 aliphatic carbocycles. The Morgan fingerprint density at radius 2 is 1.68 bits per heavy atom. The fourth-order valence-electron chi connectivity index (χ4n) is 3.21. The summed E-state index contributed by atoms with van der Waals surface area (Å²) in [6.07, 6.45) is 1.90. The third kappa shape index (κ3) is 3.23. The highest BCUT2D eigenvalue weighted by atomic mass is 35.5. The van der Waals surface area contributed by atoms with Crippen LogP contribution in [0.4, 0.5) is 0 Å². The van der Waals surface area contributed by atoms with Gasteiger partial charge in [-0.2, -0.15) is 0 Å². The molecule has 0 bridgehead atoms. The van der Waals surface area contributed by atoms with Crippen molar-refractivity contribution in [3.63, 3.8) is 0 Å². The van der Waals surface area contributed by atoms with Gasteiger partial charge in [0.1, 0.15) is 0 Å². The van der Waals surface area contributed by atoms with Crippen molar-refractivity contribution < 1.29 is 14.7 Å². The van der Waals surface area contributed by atoms with Crippen LogP contribution in [0.5, 0.6) is 0 Å². The molecule has 2 fully saturated rings. The molecule has 2 atom stereocenters. The number of carboxylic acid groups (broad SMARTS) is 1. The molecular formula is C16H17Cl2NO3. The number of rotatable bonds is 3. The molecule has 3 rings (SSSR count). The average molecular weight is 342 g/mol. The van der Waals surface area contributed by atoms with Crippen LogP contribution in [0.15, 0.2) is 18.2 Å². The number of halogens is 2. The third-order valence-corrected chi connectivity index (χ3v) is 5.01. The van der Waals surface area contributed by atoms with Gasteiger partial charge in [0.25, 0.3) is 0 Å². The summed E-state index contributed by atoms with van der Waals surface area (Å²) in [5.41, 5.74) is 1.01. The predicted octanol–water partition coefficient (Wildman–Crippen LogP) is 3.42. The van der Waals surface area contributed by atoms with Crippen molar-refractivity contribution in [2.24, 2.45) is 11.8 Å². The maximum atomic E-state index is 12.5. The fraction of sp³-hybridized carbons (Fsp3) is 0.500. The van der Waals surface area contributed by atoms with Crippen molar-refractivity contribution in [3.05, 3.63) is 33.8 Å². The Bertz CT molecular complexity index is 591. The van der Waals surface area contributed by atoms with Crippen LogP contribution < -0.4 is 0 Å².